The van der Waals surface area contributed by atoms with E-state index in [1.807, 2.05) is 12.2 Å². The van der Waals surface area contributed by atoms with Crippen molar-refractivity contribution in [2.45, 2.75) is 88.8 Å². The predicted octanol–water partition coefficient (Wildman–Crippen LogP) is 8.97. The molecular weight excluding hydrogens is 465 g/mol. The first-order valence-electron chi connectivity index (χ1n) is 11.1. The average Bonchev–Trinajstić information content (AvgIpc) is 3.19. The van der Waals surface area contributed by atoms with Gasteiger partial charge in [-0.2, -0.15) is 0 Å². The fraction of sp³-hybridized carbons (Fsp3) is 0.609. The lowest BCUT2D eigenvalue weighted by molar-refractivity contribution is 0.563. The van der Waals surface area contributed by atoms with Crippen LogP contribution in [0.3, 0.4) is 0 Å². The van der Waals surface area contributed by atoms with Crippen molar-refractivity contribution in [3.05, 3.63) is 34.4 Å². The Morgan fingerprint density at radius 2 is 1.70 bits per heavy atom. The molecule has 0 fully saturated rings. The van der Waals surface area contributed by atoms with Crippen molar-refractivity contribution in [1.29, 1.82) is 0 Å². The molecule has 0 amide bonds. The van der Waals surface area contributed by atoms with Gasteiger partial charge in [0.2, 0.25) is 0 Å². The van der Waals surface area contributed by atoms with E-state index in [9.17, 15) is 0 Å². The molecule has 0 aromatic carbocycles. The van der Waals surface area contributed by atoms with E-state index in [4.69, 9.17) is 35.5 Å². The van der Waals surface area contributed by atoms with E-state index in [1.54, 1.807) is 11.3 Å². The highest BCUT2D eigenvalue weighted by Gasteiger charge is 2.22. The molecule has 0 atom stereocenters. The first kappa shape index (κ1) is 26.2. The maximum atomic E-state index is 5.32. The number of thiol groups is 2. The number of rotatable bonds is 14. The number of nitrogens with zero attached hydrogens (tertiary/aromatic N) is 2. The minimum Gasteiger partial charge on any atom is -0.138 e. The van der Waals surface area contributed by atoms with Gasteiger partial charge in [-0.25, -0.2) is 0 Å². The van der Waals surface area contributed by atoms with Crippen LogP contribution in [0, 0.1) is 0 Å². The van der Waals surface area contributed by atoms with Crippen LogP contribution in [0.15, 0.2) is 33.7 Å². The molecule has 0 N–H and O–H groups in total. The van der Waals surface area contributed by atoms with E-state index in [0.717, 1.165) is 26.4 Å². The summed E-state index contributed by atoms with van der Waals surface area (Å²) in [5.74, 6) is 0.997. The Balaban J connectivity index is 1.73. The minimum atomic E-state index is -1.46. The van der Waals surface area contributed by atoms with Crippen molar-refractivity contribution >= 4 is 65.9 Å². The van der Waals surface area contributed by atoms with Crippen molar-refractivity contribution < 1.29 is 0 Å². The molecule has 0 aliphatic heterocycles. The van der Waals surface area contributed by atoms with Crippen molar-refractivity contribution in [3.8, 4) is 0 Å². The lowest BCUT2D eigenvalue weighted by atomic mass is 9.98. The van der Waals surface area contributed by atoms with Crippen LogP contribution in [0.25, 0.3) is 6.08 Å². The van der Waals surface area contributed by atoms with Gasteiger partial charge < -0.3 is 0 Å². The highest BCUT2D eigenvalue weighted by molar-refractivity contribution is 9.18. The van der Waals surface area contributed by atoms with Crippen LogP contribution in [0.5, 0.6) is 0 Å². The van der Waals surface area contributed by atoms with E-state index in [-0.39, 0.29) is 0 Å². The smallest absolute Gasteiger partial charge is 0.138 e. The molecule has 1 aliphatic carbocycles. The lowest BCUT2D eigenvalue weighted by Crippen LogP contribution is -1.98. The molecule has 168 valence electrons. The second-order valence-electron chi connectivity index (χ2n) is 7.98. The van der Waals surface area contributed by atoms with E-state index < -0.39 is 8.09 Å². The number of thiocarbonyl (C=S) groups is 1. The highest BCUT2D eigenvalue weighted by atomic mass is 33.5. The first-order chi connectivity index (χ1) is 14.4. The molecule has 1 aromatic rings. The van der Waals surface area contributed by atoms with Gasteiger partial charge in [-0.05, 0) is 36.6 Å². The Labute approximate surface area is 204 Å². The maximum absolute atomic E-state index is 5.32. The predicted molar refractivity (Wildman–Crippen MR) is 149 cm³/mol. The Morgan fingerprint density at radius 3 is 2.33 bits per heavy atom. The van der Waals surface area contributed by atoms with Crippen LogP contribution in [-0.4, -0.2) is 20.8 Å². The molecule has 7 heteroatoms. The third-order valence-corrected chi connectivity index (χ3v) is 11.7. The summed E-state index contributed by atoms with van der Waals surface area (Å²) in [6, 6.07) is 0. The molecule has 0 spiro atoms. The summed E-state index contributed by atoms with van der Waals surface area (Å²) in [5, 5.41) is 9.71. The molecule has 2 nitrogen and oxygen atoms in total. The number of unbranched alkanes of at least 4 members (excludes halogenated alkanes) is 9. The molecule has 0 radical (unpaired) electrons. The van der Waals surface area contributed by atoms with Gasteiger partial charge in [0, 0.05) is 17.0 Å². The highest BCUT2D eigenvalue weighted by Crippen LogP contribution is 2.65. The van der Waals surface area contributed by atoms with E-state index in [1.165, 1.54) is 75.4 Å². The Hall–Kier alpha value is -0.0800. The molecule has 1 aliphatic rings. The molecular formula is C23H36N2S5. The van der Waals surface area contributed by atoms with Crippen molar-refractivity contribution in [2.24, 2.45) is 0 Å². The molecule has 30 heavy (non-hydrogen) atoms. The van der Waals surface area contributed by atoms with E-state index in [2.05, 4.69) is 36.2 Å². The summed E-state index contributed by atoms with van der Waals surface area (Å²) in [7, 11) is -1.46. The van der Waals surface area contributed by atoms with Crippen LogP contribution >= 0.6 is 55.0 Å². The SMILES string of the molecule is CCCCCCCCCCCCS(S)(S)c1nnc(C=C(C)C2=CC=CC(=S)C2)s1. The minimum absolute atomic E-state index is 0.826. The van der Waals surface area contributed by atoms with Crippen LogP contribution in [0.4, 0.5) is 0 Å². The molecule has 2 rings (SSSR count). The molecule has 0 bridgehead atoms. The van der Waals surface area contributed by atoms with Crippen LogP contribution in [0.1, 0.15) is 89.5 Å². The van der Waals surface area contributed by atoms with Gasteiger partial charge in [-0.15, -0.1) is 33.5 Å². The van der Waals surface area contributed by atoms with Crippen LogP contribution < -0.4 is 0 Å². The van der Waals surface area contributed by atoms with E-state index >= 15 is 0 Å². The van der Waals surface area contributed by atoms with Crippen molar-refractivity contribution in [3.63, 3.8) is 0 Å². The average molecular weight is 501 g/mol. The zero-order chi connectivity index (χ0) is 21.8. The molecule has 0 unspecified atom stereocenters. The number of hydrogen-bond acceptors (Lipinski definition) is 6. The van der Waals surface area contributed by atoms with Crippen LogP contribution in [-0.2, 0) is 0 Å². The van der Waals surface area contributed by atoms with Crippen molar-refractivity contribution in [2.75, 3.05) is 5.75 Å². The van der Waals surface area contributed by atoms with Gasteiger partial charge in [0.05, 0.1) is 0 Å². The van der Waals surface area contributed by atoms with Gasteiger partial charge in [0.1, 0.15) is 5.01 Å². The topological polar surface area (TPSA) is 25.8 Å². The third kappa shape index (κ3) is 9.60. The zero-order valence-electron chi connectivity index (χ0n) is 18.3. The monoisotopic (exact) mass is 500 g/mol. The van der Waals surface area contributed by atoms with E-state index in [0.29, 0.717) is 0 Å². The fourth-order valence-electron chi connectivity index (χ4n) is 3.41. The number of aromatic nitrogens is 2. The number of hydrogen-bond donors (Lipinski definition) is 2. The Bertz CT molecular complexity index is 761. The maximum Gasteiger partial charge on any atom is 0.174 e. The van der Waals surface area contributed by atoms with Crippen molar-refractivity contribution in [1.82, 2.24) is 10.2 Å². The Morgan fingerprint density at radius 1 is 1.07 bits per heavy atom. The number of allylic oxidation sites excluding steroid dienone is 5. The summed E-state index contributed by atoms with van der Waals surface area (Å²) in [6.07, 6.45) is 22.5. The largest absolute Gasteiger partial charge is 0.174 e. The molecule has 0 saturated carbocycles. The Kier molecular flexibility index (Phi) is 12.3. The molecule has 1 aromatic heterocycles. The third-order valence-electron chi connectivity index (χ3n) is 5.27. The lowest BCUT2D eigenvalue weighted by Gasteiger charge is -2.24. The standard InChI is InChI=1S/C23H36N2S5/c1-3-4-5-6-7-8-9-10-11-12-16-30(27,28)23-25-24-22(29-23)17-19(2)20-14-13-15-21(26)18-20/h13-15,17,27-28H,3-12,16,18H2,1-2H3. The molecule has 1 heterocycles. The zero-order valence-corrected chi connectivity index (χ0v) is 22.5. The van der Waals surface area contributed by atoms with Gasteiger partial charge in [-0.3, -0.25) is 0 Å². The summed E-state index contributed by atoms with van der Waals surface area (Å²) >= 11 is 16.7. The summed E-state index contributed by atoms with van der Waals surface area (Å²) in [6.45, 7) is 4.38. The summed E-state index contributed by atoms with van der Waals surface area (Å²) in [5.41, 5.74) is 2.44. The van der Waals surface area contributed by atoms with Gasteiger partial charge in [0.25, 0.3) is 0 Å². The second-order valence-corrected chi connectivity index (χ2v) is 16.5. The van der Waals surface area contributed by atoms with Gasteiger partial charge >= 0.3 is 0 Å². The van der Waals surface area contributed by atoms with Gasteiger partial charge in [-0.1, -0.05) is 109 Å². The normalized spacial score (nSPS) is 15.5. The fourth-order valence-corrected chi connectivity index (χ4v) is 7.88. The summed E-state index contributed by atoms with van der Waals surface area (Å²) in [4.78, 5) is 0.976. The van der Waals surface area contributed by atoms with Crippen LogP contribution in [0.2, 0.25) is 0 Å². The quantitative estimate of drug-likeness (QED) is 0.115. The summed E-state index contributed by atoms with van der Waals surface area (Å²) < 4.78 is 0.970. The first-order valence-corrected chi connectivity index (χ1v) is 16.2. The molecule has 0 saturated heterocycles. The van der Waals surface area contributed by atoms with Gasteiger partial charge in [0.15, 0.2) is 4.34 Å². The second kappa shape index (κ2) is 14.1.